The third kappa shape index (κ3) is 3.16. The van der Waals surface area contributed by atoms with E-state index in [1.807, 2.05) is 6.07 Å². The van der Waals surface area contributed by atoms with Gasteiger partial charge in [0.15, 0.2) is 0 Å². The Hall–Kier alpha value is -0.480. The van der Waals surface area contributed by atoms with Crippen molar-refractivity contribution in [3.8, 4) is 0 Å². The van der Waals surface area contributed by atoms with Crippen molar-refractivity contribution in [1.82, 2.24) is 9.55 Å². The predicted octanol–water partition coefficient (Wildman–Crippen LogP) is 4.36. The van der Waals surface area contributed by atoms with Gasteiger partial charge in [-0.3, -0.25) is 0 Å². The number of hydrogen-bond donors (Lipinski definition) is 0. The molecule has 0 radical (unpaired) electrons. The fraction of sp³-hybridized carbons (Fsp3) is 0.462. The van der Waals surface area contributed by atoms with Gasteiger partial charge in [0.05, 0.1) is 33.6 Å². The number of hydrogen-bond acceptors (Lipinski definition) is 2. The highest BCUT2D eigenvalue weighted by Crippen LogP contribution is 2.29. The molecule has 2 aromatic rings. The molecule has 0 saturated heterocycles. The fourth-order valence-corrected chi connectivity index (χ4v) is 2.64. The van der Waals surface area contributed by atoms with Crippen molar-refractivity contribution in [2.45, 2.75) is 19.3 Å². The lowest BCUT2D eigenvalue weighted by molar-refractivity contribution is 0.151. The zero-order valence-corrected chi connectivity index (χ0v) is 13.1. The average molecular weight is 322 g/mol. The first kappa shape index (κ1) is 14.9. The lowest BCUT2D eigenvalue weighted by Gasteiger charge is -2.14. The second-order valence-electron chi connectivity index (χ2n) is 4.59. The molecular weight excluding hydrogens is 307 g/mol. The van der Waals surface area contributed by atoms with Gasteiger partial charge in [-0.05, 0) is 18.1 Å². The lowest BCUT2D eigenvalue weighted by Crippen LogP contribution is -2.14. The molecule has 104 valence electrons. The summed E-state index contributed by atoms with van der Waals surface area (Å²) in [6.45, 7) is 3.58. The number of rotatable bonds is 5. The van der Waals surface area contributed by atoms with Gasteiger partial charge in [-0.25, -0.2) is 4.98 Å². The molecule has 0 amide bonds. The number of imidazole rings is 1. The van der Waals surface area contributed by atoms with E-state index in [1.54, 1.807) is 13.2 Å². The Bertz CT molecular complexity index is 583. The van der Waals surface area contributed by atoms with E-state index >= 15 is 0 Å². The number of methoxy groups -OCH3 is 1. The number of halogens is 3. The molecule has 2 rings (SSSR count). The second kappa shape index (κ2) is 6.31. The lowest BCUT2D eigenvalue weighted by atomic mass is 10.2. The number of benzene rings is 1. The molecule has 3 nitrogen and oxygen atoms in total. The van der Waals surface area contributed by atoms with Crippen LogP contribution in [0.5, 0.6) is 0 Å². The average Bonchev–Trinajstić information content (AvgIpc) is 2.68. The van der Waals surface area contributed by atoms with Crippen LogP contribution in [0.15, 0.2) is 12.1 Å². The van der Waals surface area contributed by atoms with Gasteiger partial charge in [-0.2, -0.15) is 0 Å². The molecule has 0 bridgehead atoms. The van der Waals surface area contributed by atoms with Crippen molar-refractivity contribution in [2.24, 2.45) is 5.92 Å². The minimum atomic E-state index is 0.351. The van der Waals surface area contributed by atoms with Crippen LogP contribution in [0.4, 0.5) is 0 Å². The second-order valence-corrected chi connectivity index (χ2v) is 5.67. The molecule has 0 N–H and O–H groups in total. The van der Waals surface area contributed by atoms with Crippen LogP contribution in [0.2, 0.25) is 10.0 Å². The maximum Gasteiger partial charge on any atom is 0.124 e. The monoisotopic (exact) mass is 320 g/mol. The first-order chi connectivity index (χ1) is 9.06. The summed E-state index contributed by atoms with van der Waals surface area (Å²) in [5, 5.41) is 1.03. The van der Waals surface area contributed by atoms with Crippen molar-refractivity contribution in [3.05, 3.63) is 28.0 Å². The van der Waals surface area contributed by atoms with E-state index in [9.17, 15) is 0 Å². The molecule has 0 aliphatic carbocycles. The Morgan fingerprint density at radius 3 is 2.63 bits per heavy atom. The molecule has 1 aromatic heterocycles. The number of fused-ring (bicyclic) bond motifs is 1. The quantitative estimate of drug-likeness (QED) is 0.765. The number of nitrogens with zero attached hydrogens (tertiary/aromatic N) is 2. The van der Waals surface area contributed by atoms with E-state index in [0.29, 0.717) is 28.5 Å². The maximum atomic E-state index is 6.08. The highest BCUT2D eigenvalue weighted by Gasteiger charge is 2.14. The highest BCUT2D eigenvalue weighted by molar-refractivity contribution is 6.42. The van der Waals surface area contributed by atoms with Crippen LogP contribution >= 0.6 is 34.8 Å². The van der Waals surface area contributed by atoms with Gasteiger partial charge < -0.3 is 9.30 Å². The SMILES string of the molecule is COCC(C)Cn1c(CCl)nc2cc(Cl)c(Cl)cc21. The Morgan fingerprint density at radius 1 is 1.32 bits per heavy atom. The molecule has 0 aliphatic rings. The normalized spacial score (nSPS) is 13.1. The number of ether oxygens (including phenoxy) is 1. The third-order valence-electron chi connectivity index (χ3n) is 2.93. The third-order valence-corrected chi connectivity index (χ3v) is 3.90. The number of aromatic nitrogens is 2. The molecule has 0 fully saturated rings. The van der Waals surface area contributed by atoms with Crippen LogP contribution in [0, 0.1) is 5.92 Å². The fourth-order valence-electron chi connectivity index (χ4n) is 2.12. The predicted molar refractivity (Wildman–Crippen MR) is 80.4 cm³/mol. The van der Waals surface area contributed by atoms with Crippen LogP contribution in [0.25, 0.3) is 11.0 Å². The number of alkyl halides is 1. The molecule has 0 spiro atoms. The Morgan fingerprint density at radius 2 is 2.00 bits per heavy atom. The van der Waals surface area contributed by atoms with E-state index in [-0.39, 0.29) is 0 Å². The summed E-state index contributed by atoms with van der Waals surface area (Å²) in [6.07, 6.45) is 0. The van der Waals surface area contributed by atoms with Gasteiger partial charge in [0.1, 0.15) is 5.82 Å². The summed E-state index contributed by atoms with van der Waals surface area (Å²) in [5.41, 5.74) is 1.77. The van der Waals surface area contributed by atoms with Gasteiger partial charge >= 0.3 is 0 Å². The highest BCUT2D eigenvalue weighted by atomic mass is 35.5. The van der Waals surface area contributed by atoms with Gasteiger partial charge in [0.2, 0.25) is 0 Å². The molecule has 0 aliphatic heterocycles. The summed E-state index contributed by atoms with van der Waals surface area (Å²) in [5.74, 6) is 1.53. The van der Waals surface area contributed by atoms with Gasteiger partial charge in [0.25, 0.3) is 0 Å². The van der Waals surface area contributed by atoms with Crippen LogP contribution < -0.4 is 0 Å². The molecule has 1 aromatic carbocycles. The van der Waals surface area contributed by atoms with Crippen molar-refractivity contribution in [2.75, 3.05) is 13.7 Å². The van der Waals surface area contributed by atoms with Crippen LogP contribution in [0.3, 0.4) is 0 Å². The first-order valence-electron chi connectivity index (χ1n) is 5.95. The smallest absolute Gasteiger partial charge is 0.124 e. The van der Waals surface area contributed by atoms with Crippen LogP contribution in [-0.4, -0.2) is 23.3 Å². The Labute approximate surface area is 127 Å². The minimum Gasteiger partial charge on any atom is -0.384 e. The zero-order valence-electron chi connectivity index (χ0n) is 10.8. The largest absolute Gasteiger partial charge is 0.384 e. The molecule has 19 heavy (non-hydrogen) atoms. The molecule has 1 unspecified atom stereocenters. The van der Waals surface area contributed by atoms with E-state index in [1.165, 1.54) is 0 Å². The Balaban J connectivity index is 2.47. The van der Waals surface area contributed by atoms with Crippen molar-refractivity contribution < 1.29 is 4.74 Å². The van der Waals surface area contributed by atoms with Gasteiger partial charge in [0, 0.05) is 13.7 Å². The van der Waals surface area contributed by atoms with Crippen LogP contribution in [-0.2, 0) is 17.2 Å². The summed E-state index contributed by atoms with van der Waals surface area (Å²) in [6, 6.07) is 3.61. The summed E-state index contributed by atoms with van der Waals surface area (Å²) in [7, 11) is 1.70. The topological polar surface area (TPSA) is 27.1 Å². The van der Waals surface area contributed by atoms with Crippen molar-refractivity contribution >= 4 is 45.8 Å². The zero-order chi connectivity index (χ0) is 14.0. The summed E-state index contributed by atoms with van der Waals surface area (Å²) in [4.78, 5) is 4.49. The maximum absolute atomic E-state index is 6.08. The summed E-state index contributed by atoms with van der Waals surface area (Å²) < 4.78 is 7.24. The van der Waals surface area contributed by atoms with E-state index in [2.05, 4.69) is 16.5 Å². The van der Waals surface area contributed by atoms with Gasteiger partial charge in [-0.15, -0.1) is 11.6 Å². The van der Waals surface area contributed by atoms with E-state index in [0.717, 1.165) is 23.4 Å². The van der Waals surface area contributed by atoms with Crippen LogP contribution in [0.1, 0.15) is 12.7 Å². The van der Waals surface area contributed by atoms with Crippen molar-refractivity contribution in [3.63, 3.8) is 0 Å². The van der Waals surface area contributed by atoms with E-state index in [4.69, 9.17) is 39.5 Å². The molecular formula is C13H15Cl3N2O. The van der Waals surface area contributed by atoms with E-state index < -0.39 is 0 Å². The summed E-state index contributed by atoms with van der Waals surface area (Å²) >= 11 is 18.1. The Kier molecular flexibility index (Phi) is 4.96. The standard InChI is InChI=1S/C13H15Cl3N2O/c1-8(7-19-2)6-18-12-4-10(16)9(15)3-11(12)17-13(18)5-14/h3-4,8H,5-7H2,1-2H3. The molecule has 0 saturated carbocycles. The van der Waals surface area contributed by atoms with Crippen molar-refractivity contribution in [1.29, 1.82) is 0 Å². The first-order valence-corrected chi connectivity index (χ1v) is 7.25. The molecule has 1 heterocycles. The molecule has 6 heteroatoms. The molecule has 1 atom stereocenters. The van der Waals surface area contributed by atoms with Gasteiger partial charge in [-0.1, -0.05) is 30.1 Å². The minimum absolute atomic E-state index is 0.351.